The molecule has 15 heavy (non-hydrogen) atoms. The summed E-state index contributed by atoms with van der Waals surface area (Å²) in [5.74, 6) is 1.04. The Bertz CT molecular complexity index is 305. The molecule has 0 heterocycles. The fraction of sp³-hybridized carbons (Fsp3) is 0.538. The standard InChI is InChI=1S/C13H20O2/c1-9(2)13(14)11-6-5-7-12(8-11)15-10(3)4/h5-10,13-14H,1-4H3. The van der Waals surface area contributed by atoms with Crippen molar-refractivity contribution in [2.75, 3.05) is 0 Å². The molecular formula is C13H20O2. The molecular weight excluding hydrogens is 188 g/mol. The van der Waals surface area contributed by atoms with E-state index >= 15 is 0 Å². The van der Waals surface area contributed by atoms with Crippen molar-refractivity contribution in [2.45, 2.75) is 39.9 Å². The zero-order chi connectivity index (χ0) is 11.4. The highest BCUT2D eigenvalue weighted by atomic mass is 16.5. The molecule has 2 heteroatoms. The molecule has 0 aliphatic carbocycles. The predicted molar refractivity (Wildman–Crippen MR) is 62.0 cm³/mol. The lowest BCUT2D eigenvalue weighted by Crippen LogP contribution is -2.08. The second-order valence-corrected chi connectivity index (χ2v) is 4.43. The molecule has 0 aliphatic rings. The maximum Gasteiger partial charge on any atom is 0.120 e. The maximum absolute atomic E-state index is 9.90. The van der Waals surface area contributed by atoms with Crippen LogP contribution in [0.5, 0.6) is 5.75 Å². The van der Waals surface area contributed by atoms with E-state index in [-0.39, 0.29) is 12.0 Å². The van der Waals surface area contributed by atoms with Crippen LogP contribution in [0.25, 0.3) is 0 Å². The first-order chi connectivity index (χ1) is 7.00. The molecule has 0 aliphatic heterocycles. The van der Waals surface area contributed by atoms with Gasteiger partial charge < -0.3 is 9.84 Å². The Morgan fingerprint density at radius 1 is 1.13 bits per heavy atom. The smallest absolute Gasteiger partial charge is 0.120 e. The molecule has 1 rings (SSSR count). The van der Waals surface area contributed by atoms with E-state index in [4.69, 9.17) is 4.74 Å². The molecule has 0 fully saturated rings. The summed E-state index contributed by atoms with van der Waals surface area (Å²) in [4.78, 5) is 0. The number of rotatable bonds is 4. The van der Waals surface area contributed by atoms with Crippen LogP contribution in [0.4, 0.5) is 0 Å². The number of ether oxygens (including phenoxy) is 1. The first-order valence-electron chi connectivity index (χ1n) is 5.45. The van der Waals surface area contributed by atoms with Gasteiger partial charge >= 0.3 is 0 Å². The monoisotopic (exact) mass is 208 g/mol. The molecule has 1 atom stereocenters. The van der Waals surface area contributed by atoms with Crippen molar-refractivity contribution in [1.29, 1.82) is 0 Å². The van der Waals surface area contributed by atoms with E-state index in [9.17, 15) is 5.11 Å². The van der Waals surface area contributed by atoms with Gasteiger partial charge in [0, 0.05) is 0 Å². The third-order valence-corrected chi connectivity index (χ3v) is 2.20. The van der Waals surface area contributed by atoms with E-state index in [1.165, 1.54) is 0 Å². The third-order valence-electron chi connectivity index (χ3n) is 2.20. The minimum Gasteiger partial charge on any atom is -0.491 e. The van der Waals surface area contributed by atoms with Crippen LogP contribution >= 0.6 is 0 Å². The maximum atomic E-state index is 9.90. The molecule has 0 saturated carbocycles. The van der Waals surface area contributed by atoms with Gasteiger partial charge in [0.05, 0.1) is 12.2 Å². The van der Waals surface area contributed by atoms with Crippen molar-refractivity contribution in [2.24, 2.45) is 5.92 Å². The molecule has 0 aromatic heterocycles. The van der Waals surface area contributed by atoms with Crippen molar-refractivity contribution in [1.82, 2.24) is 0 Å². The lowest BCUT2D eigenvalue weighted by atomic mass is 9.99. The second-order valence-electron chi connectivity index (χ2n) is 4.43. The molecule has 1 N–H and O–H groups in total. The topological polar surface area (TPSA) is 29.5 Å². The molecule has 0 spiro atoms. The van der Waals surface area contributed by atoms with E-state index in [2.05, 4.69) is 0 Å². The van der Waals surface area contributed by atoms with Gasteiger partial charge in [0.15, 0.2) is 0 Å². The summed E-state index contributed by atoms with van der Waals surface area (Å²) >= 11 is 0. The van der Waals surface area contributed by atoms with Crippen molar-refractivity contribution in [3.8, 4) is 5.75 Å². The molecule has 0 saturated heterocycles. The molecule has 1 unspecified atom stereocenters. The second kappa shape index (κ2) is 5.17. The SMILES string of the molecule is CC(C)Oc1cccc(C(O)C(C)C)c1. The van der Waals surface area contributed by atoms with Crippen LogP contribution in [0.2, 0.25) is 0 Å². The Morgan fingerprint density at radius 3 is 2.33 bits per heavy atom. The average molecular weight is 208 g/mol. The van der Waals surface area contributed by atoms with Crippen LogP contribution in [0, 0.1) is 5.92 Å². The van der Waals surface area contributed by atoms with Crippen molar-refractivity contribution in [3.63, 3.8) is 0 Å². The Morgan fingerprint density at radius 2 is 1.80 bits per heavy atom. The molecule has 2 nitrogen and oxygen atoms in total. The van der Waals surface area contributed by atoms with E-state index in [1.807, 2.05) is 52.0 Å². The summed E-state index contributed by atoms with van der Waals surface area (Å²) in [6.07, 6.45) is -0.253. The Balaban J connectivity index is 2.82. The van der Waals surface area contributed by atoms with Gasteiger partial charge in [-0.05, 0) is 37.5 Å². The van der Waals surface area contributed by atoms with Crippen molar-refractivity contribution < 1.29 is 9.84 Å². The van der Waals surface area contributed by atoms with Gasteiger partial charge in [0.25, 0.3) is 0 Å². The van der Waals surface area contributed by atoms with Gasteiger partial charge in [0.1, 0.15) is 5.75 Å². The van der Waals surface area contributed by atoms with Gasteiger partial charge in [-0.1, -0.05) is 26.0 Å². The molecule has 0 radical (unpaired) electrons. The summed E-state index contributed by atoms with van der Waals surface area (Å²) < 4.78 is 5.57. The largest absolute Gasteiger partial charge is 0.491 e. The van der Waals surface area contributed by atoms with E-state index in [0.29, 0.717) is 0 Å². The third kappa shape index (κ3) is 3.56. The normalized spacial score (nSPS) is 13.3. The van der Waals surface area contributed by atoms with E-state index in [1.54, 1.807) is 0 Å². The lowest BCUT2D eigenvalue weighted by Gasteiger charge is -2.16. The van der Waals surface area contributed by atoms with Crippen LogP contribution in [0.1, 0.15) is 39.4 Å². The summed E-state index contributed by atoms with van der Waals surface area (Å²) in [6.45, 7) is 7.98. The predicted octanol–water partition coefficient (Wildman–Crippen LogP) is 3.16. The van der Waals surface area contributed by atoms with Crippen LogP contribution in [0.3, 0.4) is 0 Å². The Kier molecular flexibility index (Phi) is 4.15. The van der Waals surface area contributed by atoms with Crippen LogP contribution in [-0.4, -0.2) is 11.2 Å². The number of hydrogen-bond acceptors (Lipinski definition) is 2. The van der Waals surface area contributed by atoms with E-state index < -0.39 is 6.10 Å². The zero-order valence-corrected chi connectivity index (χ0v) is 9.90. The first-order valence-corrected chi connectivity index (χ1v) is 5.45. The molecule has 0 bridgehead atoms. The summed E-state index contributed by atoms with van der Waals surface area (Å²) in [7, 11) is 0. The first kappa shape index (κ1) is 12.1. The van der Waals surface area contributed by atoms with Crippen LogP contribution < -0.4 is 4.74 Å². The molecule has 84 valence electrons. The van der Waals surface area contributed by atoms with Gasteiger partial charge in [-0.3, -0.25) is 0 Å². The van der Waals surface area contributed by atoms with Crippen LogP contribution in [0.15, 0.2) is 24.3 Å². The highest BCUT2D eigenvalue weighted by molar-refractivity contribution is 5.30. The molecule has 1 aromatic carbocycles. The van der Waals surface area contributed by atoms with Crippen LogP contribution in [-0.2, 0) is 0 Å². The van der Waals surface area contributed by atoms with Crippen molar-refractivity contribution >= 4 is 0 Å². The quantitative estimate of drug-likeness (QED) is 0.823. The summed E-state index contributed by atoms with van der Waals surface area (Å²) in [5, 5.41) is 9.90. The summed E-state index contributed by atoms with van der Waals surface area (Å²) in [6, 6.07) is 7.66. The Labute approximate surface area is 91.9 Å². The van der Waals surface area contributed by atoms with Crippen molar-refractivity contribution in [3.05, 3.63) is 29.8 Å². The number of aliphatic hydroxyl groups excluding tert-OH is 1. The van der Waals surface area contributed by atoms with Gasteiger partial charge in [0.2, 0.25) is 0 Å². The lowest BCUT2D eigenvalue weighted by molar-refractivity contribution is 0.126. The average Bonchev–Trinajstić information content (AvgIpc) is 2.16. The zero-order valence-electron chi connectivity index (χ0n) is 9.90. The molecule has 0 amide bonds. The molecule has 1 aromatic rings. The number of benzene rings is 1. The summed E-state index contributed by atoms with van der Waals surface area (Å²) in [5.41, 5.74) is 0.920. The minimum atomic E-state index is -0.416. The number of aliphatic hydroxyl groups is 1. The van der Waals surface area contributed by atoms with Gasteiger partial charge in [-0.25, -0.2) is 0 Å². The Hall–Kier alpha value is -1.02. The minimum absolute atomic E-state index is 0.163. The fourth-order valence-corrected chi connectivity index (χ4v) is 1.43. The number of hydrogen-bond donors (Lipinski definition) is 1. The highest BCUT2D eigenvalue weighted by Gasteiger charge is 2.12. The van der Waals surface area contributed by atoms with E-state index in [0.717, 1.165) is 11.3 Å². The highest BCUT2D eigenvalue weighted by Crippen LogP contribution is 2.25. The fourth-order valence-electron chi connectivity index (χ4n) is 1.43. The van der Waals surface area contributed by atoms with Gasteiger partial charge in [-0.15, -0.1) is 0 Å². The van der Waals surface area contributed by atoms with Gasteiger partial charge in [-0.2, -0.15) is 0 Å².